The normalized spacial score (nSPS) is 17.1. The summed E-state index contributed by atoms with van der Waals surface area (Å²) in [5, 5.41) is 41.6. The van der Waals surface area contributed by atoms with Gasteiger partial charge in [0.25, 0.3) is 29.5 Å². The topological polar surface area (TPSA) is 551 Å². The number of nitrogens with zero attached hydrogens (tertiary/aromatic N) is 15. The van der Waals surface area contributed by atoms with Crippen molar-refractivity contribution in [2.75, 3.05) is 98.2 Å². The van der Waals surface area contributed by atoms with Gasteiger partial charge in [-0.2, -0.15) is 38.5 Å². The Kier molecular flexibility index (Phi) is 29.1. The number of nitrogens with one attached hydrogen (secondary N) is 9. The zero-order valence-corrected chi connectivity index (χ0v) is 76.0. The van der Waals surface area contributed by atoms with E-state index < -0.39 is 119 Å². The maximum absolute atomic E-state index is 13.3. The second-order valence-corrected chi connectivity index (χ2v) is 33.7. The number of ether oxygens (including phenoxy) is 5. The summed E-state index contributed by atoms with van der Waals surface area (Å²) in [6.45, 7) is 15.7. The Bertz CT molecular complexity index is 6260. The third kappa shape index (κ3) is 23.4. The Labute approximate surface area is 763 Å². The van der Waals surface area contributed by atoms with E-state index in [-0.39, 0.29) is 133 Å². The smallest absolute Gasteiger partial charge is 0.415 e. The quantitative estimate of drug-likeness (QED) is 0.00935. The minimum Gasteiger partial charge on any atom is -0.463 e. The second kappa shape index (κ2) is 40.0. The maximum Gasteiger partial charge on any atom is 0.415 e. The van der Waals surface area contributed by atoms with Gasteiger partial charge in [-0.3, -0.25) is 43.5 Å². The number of esters is 2. The van der Waals surface area contributed by atoms with Gasteiger partial charge in [0.15, 0.2) is 28.4 Å². The number of hydrogen-bond acceptors (Lipinski definition) is 33. The number of carbonyl (C=O) groups excluding carboxylic acids is 11. The first-order chi connectivity index (χ1) is 63.3. The van der Waals surface area contributed by atoms with Crippen molar-refractivity contribution in [2.45, 2.75) is 154 Å². The van der Waals surface area contributed by atoms with Crippen molar-refractivity contribution < 1.29 is 112 Å². The number of fused-ring (bicyclic) bond motifs is 4. The molecular weight excluding hydrogens is 1790 g/mol. The number of nitrogens with two attached hydrogens (primary N) is 1. The molecule has 12 aromatic rings. The number of amides is 8. The van der Waals surface area contributed by atoms with Crippen molar-refractivity contribution in [2.24, 2.45) is 5.92 Å². The van der Waals surface area contributed by atoms with Crippen molar-refractivity contribution in [1.82, 2.24) is 85.0 Å². The van der Waals surface area contributed by atoms with Crippen LogP contribution in [-0.2, 0) is 23.7 Å². The number of ketones is 1. The number of anilines is 11. The molecule has 0 spiro atoms. The summed E-state index contributed by atoms with van der Waals surface area (Å²) in [6.07, 6.45) is 5.97. The van der Waals surface area contributed by atoms with Gasteiger partial charge in [-0.1, -0.05) is 11.6 Å². The molecule has 134 heavy (non-hydrogen) atoms. The molecule has 4 aliphatic carbocycles. The van der Waals surface area contributed by atoms with Gasteiger partial charge in [-0.05, 0) is 68.7 Å². The highest BCUT2D eigenvalue weighted by molar-refractivity contribution is 6.30. The van der Waals surface area contributed by atoms with Crippen LogP contribution in [0.15, 0.2) is 116 Å². The van der Waals surface area contributed by atoms with Crippen molar-refractivity contribution >= 4 is 163 Å². The number of alkyl halides is 4. The van der Waals surface area contributed by atoms with Gasteiger partial charge in [0.1, 0.15) is 104 Å². The Morgan fingerprint density at radius 3 is 1.11 bits per heavy atom. The average molecular weight is 1890 g/mol. The zero-order chi connectivity index (χ0) is 97.6. The molecule has 16 rings (SSSR count). The van der Waals surface area contributed by atoms with Crippen molar-refractivity contribution in [3.63, 3.8) is 0 Å². The number of carbonyl (C=O) groups is 11. The standard InChI is InChI=1S/C22H26FN7O5.C22H25FN6O6.C17H20ClFN4O3.C17H18FN7O3.C6H7NO3/c1-22(2,3)35-21(33)29(5)16-9-15(26-13-6-7-34-17(13)20(32)24-4)28-18-11(10-25-30(16)18)19(31)27-14-8-12(14)23;1-22(2,3)35-21(32)28(4)16-9-15(25-13-6-7-34-17(13)20(31)33-5)27-18-11(10-24-29(16)18)19(30)26-14-8-12(14)23;1-17(2,3)26-16(25)22(4)14-7-13(18)21-15-10(8-20-23(14)15)12(24)6-9-5-11(9)19;1-19-13-6-12(22-10-3-4-28-14(10)17(27)20-2)24-15-8(7-21-25(13)15)16(26)23-11-5-9(11)18;1-9-6(8)5-4(7)2-3-10-5/h6-7,9-10,12,14H,8H2,1-5H3,(H,24,32)(H,26,28)(H,27,31);6-7,9-10,12,14H,8H2,1-5H3,(H,25,27)(H,26,30);7-9,11H,5-6H2,1-4H3;3-4,6-7,9,11,19H,5H2,1-2H3,(H,20,27)(H,22,24)(H,23,26);2-3H,7H2,1H3/t2*12-,14+;9-,11-;9-,11+;/m0000./s1. The van der Waals surface area contributed by atoms with Gasteiger partial charge < -0.3 is 94.9 Å². The molecule has 50 heteroatoms. The van der Waals surface area contributed by atoms with E-state index >= 15 is 0 Å². The summed E-state index contributed by atoms with van der Waals surface area (Å²) in [6, 6.07) is 10.6. The van der Waals surface area contributed by atoms with E-state index in [0.29, 0.717) is 47.4 Å². The van der Waals surface area contributed by atoms with Gasteiger partial charge >= 0.3 is 30.2 Å². The number of nitrogen functional groups attached to an aromatic ring is 1. The molecule has 12 heterocycles. The molecule has 712 valence electrons. The first-order valence-corrected chi connectivity index (χ1v) is 41.5. The maximum atomic E-state index is 13.3. The SMILES string of the molecule is CN(C(=O)OC(C)(C)C)c1cc(Cl)nc2c(C(=O)C[C@@H]3C[C@@H]3F)cnn12.CNC(=O)c1occc1Nc1cc(N(C)C(=O)OC(C)(C)C)n2ncc(C(=O)N[C@@H]3C[C@@H]3F)c2n1.CNC(=O)c1occc1Nc1cc(NC)n2ncc(C(=O)N[C@@H]3C[C@@H]3F)c2n1.COC(=O)c1occc1N.COC(=O)c1occc1Nc1cc(N(C)C(=O)OC(C)(C)C)n2ncc(C(=O)N[C@@H]3C[C@@H]3F)c2n1. The zero-order valence-electron chi connectivity index (χ0n) is 75.2. The van der Waals surface area contributed by atoms with Crippen molar-refractivity contribution in [3.05, 3.63) is 149 Å². The monoisotopic (exact) mass is 1890 g/mol. The summed E-state index contributed by atoms with van der Waals surface area (Å²) >= 11 is 6.08. The molecule has 0 bridgehead atoms. The summed E-state index contributed by atoms with van der Waals surface area (Å²) in [5.74, 6) is -2.02. The molecule has 0 saturated heterocycles. The highest BCUT2D eigenvalue weighted by Gasteiger charge is 2.43. The van der Waals surface area contributed by atoms with Crippen LogP contribution in [0.1, 0.15) is 178 Å². The molecule has 4 saturated carbocycles. The molecule has 4 aliphatic rings. The fourth-order valence-corrected chi connectivity index (χ4v) is 12.5. The molecule has 11 N–H and O–H groups in total. The van der Waals surface area contributed by atoms with E-state index in [9.17, 15) is 70.3 Å². The lowest BCUT2D eigenvalue weighted by molar-refractivity contribution is 0.0558. The first kappa shape index (κ1) is 97.4. The molecular formula is C84H96ClF4N25O20. The molecule has 0 radical (unpaired) electrons. The molecule has 4 fully saturated rings. The van der Waals surface area contributed by atoms with E-state index in [4.69, 9.17) is 54.0 Å². The van der Waals surface area contributed by atoms with Crippen molar-refractivity contribution in [3.8, 4) is 0 Å². The van der Waals surface area contributed by atoms with E-state index in [1.165, 1.54) is 168 Å². The lowest BCUT2D eigenvalue weighted by Gasteiger charge is -2.25. The molecule has 12 aromatic heterocycles. The van der Waals surface area contributed by atoms with E-state index in [2.05, 4.69) is 92.9 Å². The Morgan fingerprint density at radius 1 is 0.448 bits per heavy atom. The summed E-state index contributed by atoms with van der Waals surface area (Å²) in [7, 11) is 11.6. The first-order valence-electron chi connectivity index (χ1n) is 41.1. The number of aromatic nitrogens is 12. The molecule has 0 aliphatic heterocycles. The van der Waals surface area contributed by atoms with Gasteiger partial charge in [0.2, 0.25) is 23.0 Å². The third-order valence-electron chi connectivity index (χ3n) is 19.6. The van der Waals surface area contributed by atoms with E-state index in [0.717, 1.165) is 0 Å². The third-order valence-corrected chi connectivity index (χ3v) is 19.8. The van der Waals surface area contributed by atoms with Crippen LogP contribution in [-0.4, -0.2) is 240 Å². The van der Waals surface area contributed by atoms with Gasteiger partial charge in [-0.25, -0.2) is 61.5 Å². The van der Waals surface area contributed by atoms with Crippen LogP contribution >= 0.6 is 11.6 Å². The number of methoxy groups -OCH3 is 2. The lowest BCUT2D eigenvalue weighted by atomic mass is 10.1. The number of furan rings is 4. The highest BCUT2D eigenvalue weighted by Crippen LogP contribution is 2.39. The minimum atomic E-state index is -1.09. The van der Waals surface area contributed by atoms with Crippen LogP contribution < -0.4 is 68.3 Å². The summed E-state index contributed by atoms with van der Waals surface area (Å²) in [5.41, 5.74) is 5.79. The molecule has 0 unspecified atom stereocenters. The van der Waals surface area contributed by atoms with Crippen LogP contribution in [0.4, 0.5) is 95.4 Å². The van der Waals surface area contributed by atoms with Gasteiger partial charge in [-0.15, -0.1) is 0 Å². The van der Waals surface area contributed by atoms with Crippen LogP contribution in [0.2, 0.25) is 5.15 Å². The number of hydrogen-bond donors (Lipinski definition) is 10. The second-order valence-electron chi connectivity index (χ2n) is 33.4. The van der Waals surface area contributed by atoms with Crippen LogP contribution in [0, 0.1) is 5.92 Å². The Hall–Kier alpha value is -15.6. The fraction of sp³-hybridized carbons (Fsp3) is 0.393. The molecule has 0 aromatic carbocycles. The molecule has 8 amide bonds. The Balaban J connectivity index is 0.000000156. The number of Topliss-reactive ketones (excluding diaryl/α,β-unsaturated/α-hetero) is 1. The van der Waals surface area contributed by atoms with Crippen molar-refractivity contribution in [1.29, 1.82) is 0 Å². The van der Waals surface area contributed by atoms with Crippen LogP contribution in [0.3, 0.4) is 0 Å². The summed E-state index contributed by atoms with van der Waals surface area (Å²) in [4.78, 5) is 156. The number of halogens is 5. The molecule has 45 nitrogen and oxygen atoms in total. The van der Waals surface area contributed by atoms with E-state index in [1.54, 1.807) is 81.5 Å². The number of rotatable bonds is 23. The fourth-order valence-electron chi connectivity index (χ4n) is 12.3. The van der Waals surface area contributed by atoms with E-state index in [1.807, 2.05) is 0 Å². The Morgan fingerprint density at radius 2 is 0.769 bits per heavy atom. The summed E-state index contributed by atoms with van der Waals surface area (Å²) < 4.78 is 104. The van der Waals surface area contributed by atoms with Gasteiger partial charge in [0, 0.05) is 122 Å². The predicted octanol–water partition coefficient (Wildman–Crippen LogP) is 11.3. The molecule has 8 atom stereocenters. The predicted molar refractivity (Wildman–Crippen MR) is 473 cm³/mol. The largest absolute Gasteiger partial charge is 0.463 e. The van der Waals surface area contributed by atoms with Crippen LogP contribution in [0.25, 0.3) is 22.6 Å². The lowest BCUT2D eigenvalue weighted by Crippen LogP contribution is -2.35. The van der Waals surface area contributed by atoms with Gasteiger partial charge in [0.05, 0.1) is 110 Å². The average Bonchev–Trinajstić information content (AvgIpc) is 1.61. The highest BCUT2D eigenvalue weighted by atomic mass is 35.5. The minimum absolute atomic E-state index is 0.0189. The van der Waals surface area contributed by atoms with Crippen LogP contribution in [0.5, 0.6) is 0 Å².